The molecule has 1 rings (SSSR count). The van der Waals surface area contributed by atoms with Crippen LogP contribution in [0.1, 0.15) is 10.4 Å². The van der Waals surface area contributed by atoms with Crippen LogP contribution in [0.3, 0.4) is 0 Å². The highest BCUT2D eigenvalue weighted by atomic mass is 35.5. The van der Waals surface area contributed by atoms with E-state index in [2.05, 4.69) is 15.3 Å². The van der Waals surface area contributed by atoms with Crippen molar-refractivity contribution >= 4 is 29.6 Å². The van der Waals surface area contributed by atoms with Gasteiger partial charge in [-0.1, -0.05) is 11.6 Å². The van der Waals surface area contributed by atoms with Crippen molar-refractivity contribution in [3.8, 4) is 0 Å². The lowest BCUT2D eigenvalue weighted by atomic mass is 10.3. The van der Waals surface area contributed by atoms with Crippen molar-refractivity contribution in [1.82, 2.24) is 15.3 Å². The Balaban J connectivity index is 2.68. The molecular weight excluding hydrogens is 272 g/mol. The zero-order chi connectivity index (χ0) is 14.3. The maximum atomic E-state index is 11.6. The zero-order valence-electron chi connectivity index (χ0n) is 10.7. The smallest absolute Gasteiger partial charge is 0.239 e. The fraction of sp³-hybridized carbons (Fsp3) is 0.455. The van der Waals surface area contributed by atoms with Gasteiger partial charge in [0.25, 0.3) is 0 Å². The first-order valence-electron chi connectivity index (χ1n) is 5.52. The average molecular weight is 287 g/mol. The predicted octanol–water partition coefficient (Wildman–Crippen LogP) is 0.141. The molecule has 0 aromatic carbocycles. The fourth-order valence-electron chi connectivity index (χ4n) is 1.41. The Morgan fingerprint density at radius 2 is 2.32 bits per heavy atom. The Kier molecular flexibility index (Phi) is 6.17. The molecule has 0 spiro atoms. The maximum absolute atomic E-state index is 11.6. The van der Waals surface area contributed by atoms with Gasteiger partial charge in [-0.05, 0) is 0 Å². The van der Waals surface area contributed by atoms with Gasteiger partial charge in [0, 0.05) is 20.7 Å². The number of aldehydes is 1. The monoisotopic (exact) mass is 286 g/mol. The number of hydrogen-bond acceptors (Lipinski definition) is 6. The standard InChI is InChI=1S/C11H15ClN4O3/c1-16(5-9(18)13-3-4-19-2)11-8(6-17)10(12)14-7-15-11/h6-7H,3-5H2,1-2H3,(H,13,18). The van der Waals surface area contributed by atoms with Gasteiger partial charge in [0.1, 0.15) is 17.3 Å². The van der Waals surface area contributed by atoms with E-state index >= 15 is 0 Å². The number of nitrogens with one attached hydrogen (secondary N) is 1. The van der Waals surface area contributed by atoms with E-state index in [1.54, 1.807) is 14.2 Å². The van der Waals surface area contributed by atoms with Crippen molar-refractivity contribution < 1.29 is 14.3 Å². The molecule has 104 valence electrons. The summed E-state index contributed by atoms with van der Waals surface area (Å²) < 4.78 is 4.82. The summed E-state index contributed by atoms with van der Waals surface area (Å²) in [4.78, 5) is 31.7. The van der Waals surface area contributed by atoms with Crippen molar-refractivity contribution in [3.63, 3.8) is 0 Å². The van der Waals surface area contributed by atoms with E-state index in [9.17, 15) is 9.59 Å². The Bertz CT molecular complexity index is 456. The highest BCUT2D eigenvalue weighted by molar-refractivity contribution is 6.32. The second-order valence-corrected chi connectivity index (χ2v) is 4.08. The Morgan fingerprint density at radius 3 is 2.95 bits per heavy atom. The van der Waals surface area contributed by atoms with Crippen LogP contribution in [0.25, 0.3) is 0 Å². The second kappa shape index (κ2) is 7.65. The molecule has 1 heterocycles. The van der Waals surface area contributed by atoms with E-state index in [1.807, 2.05) is 0 Å². The first kappa shape index (κ1) is 15.3. The van der Waals surface area contributed by atoms with Gasteiger partial charge in [-0.15, -0.1) is 0 Å². The van der Waals surface area contributed by atoms with E-state index < -0.39 is 0 Å². The molecule has 0 fully saturated rings. The summed E-state index contributed by atoms with van der Waals surface area (Å²) in [6, 6.07) is 0. The number of aromatic nitrogens is 2. The summed E-state index contributed by atoms with van der Waals surface area (Å²) >= 11 is 5.79. The van der Waals surface area contributed by atoms with Gasteiger partial charge < -0.3 is 15.0 Å². The van der Waals surface area contributed by atoms with Crippen molar-refractivity contribution in [3.05, 3.63) is 17.0 Å². The molecule has 0 saturated carbocycles. The van der Waals surface area contributed by atoms with Gasteiger partial charge in [-0.25, -0.2) is 9.97 Å². The number of carbonyl (C=O) groups excluding carboxylic acids is 2. The molecule has 0 aliphatic rings. The third-order valence-corrected chi connectivity index (χ3v) is 2.60. The number of carbonyl (C=O) groups is 2. The van der Waals surface area contributed by atoms with E-state index in [0.29, 0.717) is 25.3 Å². The quantitative estimate of drug-likeness (QED) is 0.436. The van der Waals surface area contributed by atoms with E-state index in [0.717, 1.165) is 0 Å². The second-order valence-electron chi connectivity index (χ2n) is 3.72. The highest BCUT2D eigenvalue weighted by Crippen LogP contribution is 2.19. The minimum atomic E-state index is -0.203. The summed E-state index contributed by atoms with van der Waals surface area (Å²) in [7, 11) is 3.19. The number of nitrogens with zero attached hydrogens (tertiary/aromatic N) is 3. The van der Waals surface area contributed by atoms with Crippen LogP contribution in [-0.4, -0.2) is 56.0 Å². The number of methoxy groups -OCH3 is 1. The third-order valence-electron chi connectivity index (χ3n) is 2.30. The summed E-state index contributed by atoms with van der Waals surface area (Å²) in [6.45, 7) is 0.917. The Labute approximate surface area is 115 Å². The van der Waals surface area contributed by atoms with Crippen molar-refractivity contribution in [1.29, 1.82) is 0 Å². The predicted molar refractivity (Wildman–Crippen MR) is 70.6 cm³/mol. The zero-order valence-corrected chi connectivity index (χ0v) is 11.5. The lowest BCUT2D eigenvalue weighted by molar-refractivity contribution is -0.119. The number of rotatable bonds is 7. The summed E-state index contributed by atoms with van der Waals surface area (Å²) in [5.74, 6) is 0.114. The summed E-state index contributed by atoms with van der Waals surface area (Å²) in [5, 5.41) is 2.73. The number of anilines is 1. The Morgan fingerprint density at radius 1 is 1.58 bits per heavy atom. The minimum Gasteiger partial charge on any atom is -0.383 e. The van der Waals surface area contributed by atoms with E-state index in [1.165, 1.54) is 11.2 Å². The van der Waals surface area contributed by atoms with Gasteiger partial charge in [-0.2, -0.15) is 0 Å². The molecule has 0 atom stereocenters. The van der Waals surface area contributed by atoms with Crippen molar-refractivity contribution in [2.24, 2.45) is 0 Å². The number of likely N-dealkylation sites (N-methyl/N-ethyl adjacent to an activating group) is 1. The molecule has 0 unspecified atom stereocenters. The average Bonchev–Trinajstić information content (AvgIpc) is 2.38. The van der Waals surface area contributed by atoms with Crippen LogP contribution in [-0.2, 0) is 9.53 Å². The number of hydrogen-bond donors (Lipinski definition) is 1. The number of amides is 1. The largest absolute Gasteiger partial charge is 0.383 e. The fourth-order valence-corrected chi connectivity index (χ4v) is 1.58. The number of halogens is 1. The van der Waals surface area contributed by atoms with Crippen LogP contribution in [0.4, 0.5) is 5.82 Å². The topological polar surface area (TPSA) is 84.4 Å². The molecule has 0 saturated heterocycles. The van der Waals surface area contributed by atoms with Crippen molar-refractivity contribution in [2.75, 3.05) is 38.8 Å². The van der Waals surface area contributed by atoms with Crippen LogP contribution in [0.2, 0.25) is 5.15 Å². The minimum absolute atomic E-state index is 0.0535. The van der Waals surface area contributed by atoms with Crippen LogP contribution < -0.4 is 10.2 Å². The first-order valence-corrected chi connectivity index (χ1v) is 5.90. The first-order chi connectivity index (χ1) is 9.10. The van der Waals surface area contributed by atoms with Crippen LogP contribution >= 0.6 is 11.6 Å². The van der Waals surface area contributed by atoms with Gasteiger partial charge in [0.15, 0.2) is 6.29 Å². The lowest BCUT2D eigenvalue weighted by Crippen LogP contribution is -2.37. The molecule has 8 heteroatoms. The van der Waals surface area contributed by atoms with Crippen LogP contribution in [0.15, 0.2) is 6.33 Å². The molecule has 7 nitrogen and oxygen atoms in total. The van der Waals surface area contributed by atoms with Crippen LogP contribution in [0.5, 0.6) is 0 Å². The molecule has 0 bridgehead atoms. The molecule has 1 aromatic rings. The lowest BCUT2D eigenvalue weighted by Gasteiger charge is -2.19. The third kappa shape index (κ3) is 4.46. The molecular formula is C11H15ClN4O3. The molecule has 1 amide bonds. The highest BCUT2D eigenvalue weighted by Gasteiger charge is 2.15. The van der Waals surface area contributed by atoms with Gasteiger partial charge in [0.05, 0.1) is 18.7 Å². The van der Waals surface area contributed by atoms with Gasteiger partial charge in [-0.3, -0.25) is 9.59 Å². The van der Waals surface area contributed by atoms with Gasteiger partial charge in [0.2, 0.25) is 5.91 Å². The van der Waals surface area contributed by atoms with E-state index in [4.69, 9.17) is 16.3 Å². The summed E-state index contributed by atoms with van der Waals surface area (Å²) in [6.07, 6.45) is 1.81. The SMILES string of the molecule is COCCNC(=O)CN(C)c1ncnc(Cl)c1C=O. The van der Waals surface area contributed by atoms with Crippen molar-refractivity contribution in [2.45, 2.75) is 0 Å². The van der Waals surface area contributed by atoms with Crippen LogP contribution in [0, 0.1) is 0 Å². The molecule has 19 heavy (non-hydrogen) atoms. The van der Waals surface area contributed by atoms with E-state index in [-0.39, 0.29) is 23.2 Å². The molecule has 0 aliphatic carbocycles. The van der Waals surface area contributed by atoms with Gasteiger partial charge >= 0.3 is 0 Å². The molecule has 0 radical (unpaired) electrons. The maximum Gasteiger partial charge on any atom is 0.239 e. The molecule has 1 N–H and O–H groups in total. The Hall–Kier alpha value is -1.73. The number of ether oxygens (including phenoxy) is 1. The normalized spacial score (nSPS) is 10.1. The molecule has 0 aliphatic heterocycles. The summed E-state index contributed by atoms with van der Waals surface area (Å²) in [5.41, 5.74) is 0.163. The molecule has 1 aromatic heterocycles.